The van der Waals surface area contributed by atoms with Gasteiger partial charge in [-0.1, -0.05) is 79.6 Å². The lowest BCUT2D eigenvalue weighted by molar-refractivity contribution is 0.283. The minimum Gasteiger partial charge on any atom is -0.0654 e. The van der Waals surface area contributed by atoms with Gasteiger partial charge in [-0.15, -0.1) is 0 Å². The highest BCUT2D eigenvalue weighted by Crippen LogP contribution is 2.36. The minimum atomic E-state index is 0.491. The monoisotopic (exact) mass is 225 g/mol. The molecule has 0 aliphatic heterocycles. The maximum atomic E-state index is 2.68. The van der Waals surface area contributed by atoms with E-state index in [1.54, 1.807) is 0 Å². The second-order valence-electron chi connectivity index (χ2n) is 5.59. The van der Waals surface area contributed by atoms with Gasteiger partial charge in [-0.2, -0.15) is 0 Å². The summed E-state index contributed by atoms with van der Waals surface area (Å²) in [5, 5.41) is 0. The van der Waals surface area contributed by atoms with E-state index in [1.807, 2.05) is 0 Å². The molecule has 0 fully saturated rings. The number of unbranched alkanes of at least 4 members (excludes halogenated alkanes) is 2. The van der Waals surface area contributed by atoms with Gasteiger partial charge in [0, 0.05) is 0 Å². The third kappa shape index (κ3) is 6.55. The molecule has 97 valence electrons. The molecule has 0 heteroatoms. The van der Waals surface area contributed by atoms with Gasteiger partial charge in [-0.3, -0.25) is 0 Å². The maximum absolute atomic E-state index is 2.68. The van der Waals surface area contributed by atoms with Gasteiger partial charge in [0.25, 0.3) is 0 Å². The summed E-state index contributed by atoms with van der Waals surface area (Å²) in [4.78, 5) is 0. The van der Waals surface area contributed by atoms with Crippen molar-refractivity contribution >= 4 is 0 Å². The Hall–Kier alpha value is 0. The van der Waals surface area contributed by atoms with Crippen LogP contribution in [0.25, 0.3) is 0 Å². The Morgan fingerprint density at radius 3 is 2.06 bits per heavy atom. The summed E-state index contributed by atoms with van der Waals surface area (Å²) in [6, 6.07) is 0. The summed E-state index contributed by atoms with van der Waals surface area (Å²) in [5.41, 5.74) is 0.491. The van der Waals surface area contributed by atoms with E-state index in [4.69, 9.17) is 0 Å². The quantitative estimate of drug-likeness (QED) is 0.427. The summed E-state index contributed by atoms with van der Waals surface area (Å²) in [7, 11) is 0. The standard InChI is InChI=1S/C16H33/c1-6-10-12-15(8-3)14-16(5,9-4)13-11-7-2/h14-15H,6-13H2,1-5H3. The van der Waals surface area contributed by atoms with Crippen LogP contribution in [0.15, 0.2) is 0 Å². The summed E-state index contributed by atoms with van der Waals surface area (Å²) in [6.07, 6.45) is 13.5. The van der Waals surface area contributed by atoms with Gasteiger partial charge in [0.05, 0.1) is 0 Å². The van der Waals surface area contributed by atoms with Gasteiger partial charge in [0.1, 0.15) is 0 Å². The first-order chi connectivity index (χ1) is 7.61. The molecule has 16 heavy (non-hydrogen) atoms. The van der Waals surface area contributed by atoms with Crippen LogP contribution in [0, 0.1) is 17.8 Å². The molecule has 0 saturated carbocycles. The molecule has 0 nitrogen and oxygen atoms in total. The Morgan fingerprint density at radius 2 is 1.62 bits per heavy atom. The zero-order chi connectivity index (χ0) is 12.4. The molecular weight excluding hydrogens is 192 g/mol. The molecule has 0 rings (SSSR count). The molecule has 0 aromatic carbocycles. The molecule has 0 saturated heterocycles. The third-order valence-corrected chi connectivity index (χ3v) is 4.00. The van der Waals surface area contributed by atoms with E-state index < -0.39 is 0 Å². The molecule has 0 aliphatic carbocycles. The Morgan fingerprint density at radius 1 is 1.00 bits per heavy atom. The number of hydrogen-bond acceptors (Lipinski definition) is 0. The van der Waals surface area contributed by atoms with Crippen LogP contribution in [0.4, 0.5) is 0 Å². The van der Waals surface area contributed by atoms with Crippen molar-refractivity contribution < 1.29 is 0 Å². The summed E-state index contributed by atoms with van der Waals surface area (Å²) in [5.74, 6) is 0.849. The smallest absolute Gasteiger partial charge is 0.0295 e. The predicted octanol–water partition coefficient (Wildman–Crippen LogP) is 6.01. The highest BCUT2D eigenvalue weighted by molar-refractivity contribution is 4.92. The molecule has 0 spiro atoms. The molecule has 0 amide bonds. The molecule has 0 aliphatic rings. The topological polar surface area (TPSA) is 0 Å². The van der Waals surface area contributed by atoms with Crippen molar-refractivity contribution in [1.82, 2.24) is 0 Å². The van der Waals surface area contributed by atoms with E-state index in [0.717, 1.165) is 5.92 Å². The van der Waals surface area contributed by atoms with E-state index >= 15 is 0 Å². The zero-order valence-electron chi connectivity index (χ0n) is 12.3. The average molecular weight is 225 g/mol. The van der Waals surface area contributed by atoms with Crippen molar-refractivity contribution in [1.29, 1.82) is 0 Å². The van der Waals surface area contributed by atoms with Crippen molar-refractivity contribution in [2.45, 2.75) is 86.0 Å². The first-order valence-corrected chi connectivity index (χ1v) is 7.47. The van der Waals surface area contributed by atoms with Crippen LogP contribution in [-0.2, 0) is 0 Å². The highest BCUT2D eigenvalue weighted by atomic mass is 14.3. The van der Waals surface area contributed by atoms with Crippen molar-refractivity contribution in [3.63, 3.8) is 0 Å². The van der Waals surface area contributed by atoms with Crippen LogP contribution in [0.3, 0.4) is 0 Å². The maximum Gasteiger partial charge on any atom is -0.0295 e. The lowest BCUT2D eigenvalue weighted by Crippen LogP contribution is -2.21. The number of hydrogen-bond donors (Lipinski definition) is 0. The Labute approximate surface area is 104 Å². The lowest BCUT2D eigenvalue weighted by Gasteiger charge is -2.32. The predicted molar refractivity (Wildman–Crippen MR) is 75.5 cm³/mol. The Balaban J connectivity index is 4.12. The van der Waals surface area contributed by atoms with Gasteiger partial charge in [-0.25, -0.2) is 0 Å². The fourth-order valence-corrected chi connectivity index (χ4v) is 2.40. The minimum absolute atomic E-state index is 0.491. The first kappa shape index (κ1) is 16.0. The molecule has 0 aromatic heterocycles. The second kappa shape index (κ2) is 9.07. The van der Waals surface area contributed by atoms with Crippen LogP contribution in [0.2, 0.25) is 0 Å². The second-order valence-corrected chi connectivity index (χ2v) is 5.59. The fourth-order valence-electron chi connectivity index (χ4n) is 2.40. The van der Waals surface area contributed by atoms with Crippen molar-refractivity contribution in [2.75, 3.05) is 0 Å². The molecule has 0 N–H and O–H groups in total. The van der Waals surface area contributed by atoms with Gasteiger partial charge in [0.2, 0.25) is 0 Å². The van der Waals surface area contributed by atoms with Crippen molar-refractivity contribution in [3.8, 4) is 0 Å². The molecule has 0 aromatic rings. The van der Waals surface area contributed by atoms with Crippen LogP contribution in [0.1, 0.15) is 86.0 Å². The van der Waals surface area contributed by atoms with Gasteiger partial charge in [0.15, 0.2) is 0 Å². The van der Waals surface area contributed by atoms with Crippen LogP contribution in [-0.4, -0.2) is 0 Å². The lowest BCUT2D eigenvalue weighted by atomic mass is 9.73. The largest absolute Gasteiger partial charge is 0.0654 e. The van der Waals surface area contributed by atoms with E-state index in [2.05, 4.69) is 41.0 Å². The van der Waals surface area contributed by atoms with Crippen molar-refractivity contribution in [2.24, 2.45) is 11.3 Å². The number of rotatable bonds is 10. The molecule has 0 heterocycles. The van der Waals surface area contributed by atoms with Crippen LogP contribution >= 0.6 is 0 Å². The van der Waals surface area contributed by atoms with Crippen LogP contribution < -0.4 is 0 Å². The summed E-state index contributed by atoms with van der Waals surface area (Å²) >= 11 is 0. The van der Waals surface area contributed by atoms with E-state index in [1.165, 1.54) is 51.4 Å². The normalized spacial score (nSPS) is 17.1. The van der Waals surface area contributed by atoms with Gasteiger partial charge in [-0.05, 0) is 24.2 Å². The fraction of sp³-hybridized carbons (Fsp3) is 0.938. The van der Waals surface area contributed by atoms with E-state index in [0.29, 0.717) is 5.41 Å². The highest BCUT2D eigenvalue weighted by Gasteiger charge is 2.25. The molecule has 2 atom stereocenters. The molecule has 1 radical (unpaired) electrons. The van der Waals surface area contributed by atoms with E-state index in [9.17, 15) is 0 Å². The zero-order valence-corrected chi connectivity index (χ0v) is 12.3. The Bertz CT molecular complexity index is 150. The summed E-state index contributed by atoms with van der Waals surface area (Å²) < 4.78 is 0. The van der Waals surface area contributed by atoms with E-state index in [-0.39, 0.29) is 0 Å². The molecular formula is C16H33. The summed E-state index contributed by atoms with van der Waals surface area (Å²) in [6.45, 7) is 11.7. The SMILES string of the molecule is CCCCC([CH]C(C)(CC)CCCC)CC. The molecule has 2 unspecified atom stereocenters. The molecule has 0 bridgehead atoms. The van der Waals surface area contributed by atoms with Gasteiger partial charge < -0.3 is 0 Å². The first-order valence-electron chi connectivity index (χ1n) is 7.47. The van der Waals surface area contributed by atoms with Crippen molar-refractivity contribution in [3.05, 3.63) is 6.42 Å². The van der Waals surface area contributed by atoms with Crippen LogP contribution in [0.5, 0.6) is 0 Å². The Kier molecular flexibility index (Phi) is 9.07. The average Bonchev–Trinajstić information content (AvgIpc) is 2.32. The van der Waals surface area contributed by atoms with Gasteiger partial charge >= 0.3 is 0 Å². The third-order valence-electron chi connectivity index (χ3n) is 4.00.